The largest absolute Gasteiger partial charge is 0.465 e. The van der Waals surface area contributed by atoms with E-state index in [1.54, 1.807) is 18.3 Å². The Labute approximate surface area is 222 Å². The van der Waals surface area contributed by atoms with Gasteiger partial charge in [-0.3, -0.25) is 4.90 Å². The number of benzene rings is 2. The van der Waals surface area contributed by atoms with Crippen molar-refractivity contribution in [3.63, 3.8) is 0 Å². The lowest BCUT2D eigenvalue weighted by atomic mass is 9.90. The van der Waals surface area contributed by atoms with Crippen LogP contribution in [-0.2, 0) is 17.8 Å². The number of imidazole rings is 1. The van der Waals surface area contributed by atoms with Gasteiger partial charge >= 0.3 is 5.97 Å². The molecule has 1 fully saturated rings. The molecule has 3 aromatic heterocycles. The zero-order chi connectivity index (χ0) is 25.9. The fourth-order valence-corrected chi connectivity index (χ4v) is 5.37. The molecule has 0 saturated carbocycles. The molecule has 5 aromatic rings. The van der Waals surface area contributed by atoms with E-state index in [-0.39, 0.29) is 5.97 Å². The van der Waals surface area contributed by atoms with E-state index in [1.807, 2.05) is 29.2 Å². The van der Waals surface area contributed by atoms with Crippen LogP contribution in [-0.4, -0.2) is 50.2 Å². The molecule has 0 unspecified atom stereocenters. The number of piperidine rings is 1. The van der Waals surface area contributed by atoms with Crippen molar-refractivity contribution < 1.29 is 9.53 Å². The Balaban J connectivity index is 1.06. The maximum Gasteiger partial charge on any atom is 0.337 e. The average molecular weight is 506 g/mol. The third-order valence-corrected chi connectivity index (χ3v) is 7.55. The highest BCUT2D eigenvalue weighted by molar-refractivity contribution is 5.89. The van der Waals surface area contributed by atoms with E-state index in [9.17, 15) is 4.79 Å². The van der Waals surface area contributed by atoms with Gasteiger partial charge in [0.15, 0.2) is 0 Å². The molecule has 0 atom stereocenters. The van der Waals surface area contributed by atoms with Gasteiger partial charge in [-0.2, -0.15) is 0 Å². The van der Waals surface area contributed by atoms with E-state index in [4.69, 9.17) is 9.72 Å². The molecule has 2 aromatic carbocycles. The minimum Gasteiger partial charge on any atom is -0.465 e. The normalized spacial score (nSPS) is 14.7. The van der Waals surface area contributed by atoms with Gasteiger partial charge in [-0.1, -0.05) is 24.3 Å². The number of nitrogens with zero attached hydrogens (tertiary/aromatic N) is 5. The lowest BCUT2D eigenvalue weighted by Gasteiger charge is -2.32. The Bertz CT molecular complexity index is 1510. The number of carbonyl (C=O) groups is 1. The van der Waals surface area contributed by atoms with Crippen molar-refractivity contribution in [1.29, 1.82) is 0 Å². The fraction of sp³-hybridized carbons (Fsp3) is 0.258. The Kier molecular flexibility index (Phi) is 6.75. The summed E-state index contributed by atoms with van der Waals surface area (Å²) in [6, 6.07) is 20.8. The molecule has 6 rings (SSSR count). The summed E-state index contributed by atoms with van der Waals surface area (Å²) in [5, 5.41) is 1.18. The second-order valence-electron chi connectivity index (χ2n) is 10.0. The molecule has 192 valence electrons. The van der Waals surface area contributed by atoms with Gasteiger partial charge in [-0.05, 0) is 84.9 Å². The molecule has 0 bridgehead atoms. The topological polar surface area (TPSA) is 65.2 Å². The van der Waals surface area contributed by atoms with Crippen LogP contribution in [0, 0.1) is 0 Å². The van der Waals surface area contributed by atoms with Gasteiger partial charge in [0.1, 0.15) is 5.65 Å². The third-order valence-electron chi connectivity index (χ3n) is 7.55. The number of likely N-dealkylation sites (tertiary alicyclic amines) is 1. The lowest BCUT2D eigenvalue weighted by molar-refractivity contribution is 0.0600. The van der Waals surface area contributed by atoms with Crippen LogP contribution in [0.1, 0.15) is 45.8 Å². The van der Waals surface area contributed by atoms with Crippen molar-refractivity contribution in [2.75, 3.05) is 20.2 Å². The smallest absolute Gasteiger partial charge is 0.337 e. The summed E-state index contributed by atoms with van der Waals surface area (Å²) in [7, 11) is 1.40. The number of esters is 1. The summed E-state index contributed by atoms with van der Waals surface area (Å²) < 4.78 is 8.98. The molecule has 7 heteroatoms. The quantitative estimate of drug-likeness (QED) is 0.276. The van der Waals surface area contributed by atoms with Crippen LogP contribution in [0.25, 0.3) is 16.7 Å². The van der Waals surface area contributed by atoms with Crippen LogP contribution in [0.15, 0.2) is 91.8 Å². The van der Waals surface area contributed by atoms with Crippen molar-refractivity contribution in [1.82, 2.24) is 24.0 Å². The predicted octanol–water partition coefficient (Wildman–Crippen LogP) is 5.44. The summed E-state index contributed by atoms with van der Waals surface area (Å²) >= 11 is 0. The number of rotatable bonds is 7. The number of hydrogen-bond donors (Lipinski definition) is 0. The van der Waals surface area contributed by atoms with E-state index >= 15 is 0 Å². The molecular formula is C31H31N5O2. The van der Waals surface area contributed by atoms with E-state index in [2.05, 4.69) is 63.2 Å². The average Bonchev–Trinajstić information content (AvgIpc) is 3.64. The highest BCUT2D eigenvalue weighted by Gasteiger charge is 2.21. The van der Waals surface area contributed by atoms with Crippen LogP contribution in [0.2, 0.25) is 0 Å². The molecule has 0 amide bonds. The molecular weight excluding hydrogens is 474 g/mol. The highest BCUT2D eigenvalue weighted by atomic mass is 16.5. The molecule has 0 N–H and O–H groups in total. The summed E-state index contributed by atoms with van der Waals surface area (Å²) in [6.45, 7) is 3.87. The minimum atomic E-state index is -0.316. The molecule has 0 radical (unpaired) electrons. The molecule has 0 aliphatic carbocycles. The van der Waals surface area contributed by atoms with Gasteiger partial charge in [0, 0.05) is 49.0 Å². The lowest BCUT2D eigenvalue weighted by Crippen LogP contribution is -2.32. The number of carbonyl (C=O) groups excluding carboxylic acids is 1. The Morgan fingerprint density at radius 3 is 2.39 bits per heavy atom. The number of fused-ring (bicyclic) bond motifs is 1. The Morgan fingerprint density at radius 1 is 0.947 bits per heavy atom. The van der Waals surface area contributed by atoms with E-state index in [0.717, 1.165) is 49.4 Å². The molecule has 0 spiro atoms. The fourth-order valence-electron chi connectivity index (χ4n) is 5.37. The second kappa shape index (κ2) is 10.6. The maximum absolute atomic E-state index is 11.7. The van der Waals surface area contributed by atoms with Crippen molar-refractivity contribution in [2.45, 2.75) is 31.8 Å². The molecule has 1 aliphatic rings. The molecule has 4 heterocycles. The first kappa shape index (κ1) is 24.1. The summed E-state index contributed by atoms with van der Waals surface area (Å²) in [4.78, 5) is 23.2. The van der Waals surface area contributed by atoms with Crippen LogP contribution in [0.3, 0.4) is 0 Å². The molecule has 1 saturated heterocycles. The zero-order valence-electron chi connectivity index (χ0n) is 21.5. The Hall–Kier alpha value is -4.23. The van der Waals surface area contributed by atoms with Crippen molar-refractivity contribution in [2.24, 2.45) is 0 Å². The third kappa shape index (κ3) is 5.10. The summed E-state index contributed by atoms with van der Waals surface area (Å²) in [5.41, 5.74) is 6.48. The summed E-state index contributed by atoms with van der Waals surface area (Å²) in [6.07, 6.45) is 12.0. The minimum absolute atomic E-state index is 0.316. The van der Waals surface area contributed by atoms with Crippen molar-refractivity contribution in [3.05, 3.63) is 114 Å². The summed E-state index contributed by atoms with van der Waals surface area (Å²) in [5.74, 6) is 0.226. The number of methoxy groups -OCH3 is 1. The first-order chi connectivity index (χ1) is 18.7. The van der Waals surface area contributed by atoms with Gasteiger partial charge < -0.3 is 13.9 Å². The van der Waals surface area contributed by atoms with Gasteiger partial charge in [-0.25, -0.2) is 14.8 Å². The van der Waals surface area contributed by atoms with Gasteiger partial charge in [0.05, 0.1) is 19.0 Å². The number of hydrogen-bond acceptors (Lipinski definition) is 5. The Morgan fingerprint density at radius 2 is 1.68 bits per heavy atom. The van der Waals surface area contributed by atoms with Gasteiger partial charge in [0.2, 0.25) is 0 Å². The second-order valence-corrected chi connectivity index (χ2v) is 10.0. The van der Waals surface area contributed by atoms with E-state index < -0.39 is 0 Å². The first-order valence-electron chi connectivity index (χ1n) is 13.1. The number of ether oxygens (including phenoxy) is 1. The monoisotopic (exact) mass is 505 g/mol. The van der Waals surface area contributed by atoms with Crippen molar-refractivity contribution >= 4 is 17.0 Å². The zero-order valence-corrected chi connectivity index (χ0v) is 21.5. The van der Waals surface area contributed by atoms with Crippen LogP contribution < -0.4 is 0 Å². The van der Waals surface area contributed by atoms with Gasteiger partial charge in [0.25, 0.3) is 0 Å². The van der Waals surface area contributed by atoms with E-state index in [0.29, 0.717) is 18.0 Å². The van der Waals surface area contributed by atoms with E-state index in [1.165, 1.54) is 23.6 Å². The SMILES string of the molecule is COC(=O)c1ccc(Cn2ccc3cc(C4CCN(Cc5ccc(-n6ccnc6)cc5)CC4)cnc32)cc1. The number of aromatic nitrogens is 4. The highest BCUT2D eigenvalue weighted by Crippen LogP contribution is 2.30. The van der Waals surface area contributed by atoms with Crippen LogP contribution in [0.5, 0.6) is 0 Å². The first-order valence-corrected chi connectivity index (χ1v) is 13.1. The molecule has 1 aliphatic heterocycles. The van der Waals surface area contributed by atoms with Gasteiger partial charge in [-0.15, -0.1) is 0 Å². The van der Waals surface area contributed by atoms with Crippen LogP contribution in [0.4, 0.5) is 0 Å². The number of pyridine rings is 1. The molecule has 38 heavy (non-hydrogen) atoms. The van der Waals surface area contributed by atoms with Crippen molar-refractivity contribution in [3.8, 4) is 5.69 Å². The van der Waals surface area contributed by atoms with Crippen LogP contribution >= 0.6 is 0 Å². The standard InChI is InChI=1S/C31H31N5O2/c1-38-31(37)26-6-2-24(3-7-26)21-35-16-12-27-18-28(19-33-30(27)35)25-10-14-34(15-11-25)20-23-4-8-29(9-5-23)36-17-13-32-22-36/h2-9,12-13,16-19,22,25H,10-11,14-15,20-21H2,1H3. The maximum atomic E-state index is 11.7. The predicted molar refractivity (Wildman–Crippen MR) is 147 cm³/mol. The molecule has 7 nitrogen and oxygen atoms in total.